The summed E-state index contributed by atoms with van der Waals surface area (Å²) in [4.78, 5) is 0. The lowest BCUT2D eigenvalue weighted by atomic mass is 10.1. The minimum atomic E-state index is 0.375. The Morgan fingerprint density at radius 1 is 1.05 bits per heavy atom. The smallest absolute Gasteiger partial charge is 0.123 e. The Morgan fingerprint density at radius 2 is 1.86 bits per heavy atom. The van der Waals surface area contributed by atoms with Gasteiger partial charge in [-0.05, 0) is 48.9 Å². The Hall–Kier alpha value is -1.42. The summed E-state index contributed by atoms with van der Waals surface area (Å²) in [5.41, 5.74) is 7.54. The second-order valence-electron chi connectivity index (χ2n) is 4.54. The maximum absolute atomic E-state index is 6.14. The average Bonchev–Trinajstić information content (AvgIpc) is 2.47. The molecule has 3 nitrogen and oxygen atoms in total. The van der Waals surface area contributed by atoms with E-state index in [1.807, 2.05) is 24.3 Å². The number of hydrogen-bond acceptors (Lipinski definition) is 3. The second-order valence-corrected chi connectivity index (χ2v) is 5.38. The molecule has 0 spiro atoms. The molecule has 2 rings (SSSR count). The van der Waals surface area contributed by atoms with Crippen LogP contribution in [0, 0.1) is 0 Å². The van der Waals surface area contributed by atoms with Gasteiger partial charge in [0, 0.05) is 15.6 Å². The quantitative estimate of drug-likeness (QED) is 0.870. The summed E-state index contributed by atoms with van der Waals surface area (Å²) < 4.78 is 11.1. The van der Waals surface area contributed by atoms with Gasteiger partial charge in [0.05, 0.1) is 7.11 Å². The van der Waals surface area contributed by atoms with E-state index in [4.69, 9.17) is 38.4 Å². The maximum Gasteiger partial charge on any atom is 0.123 e. The molecule has 0 saturated heterocycles. The van der Waals surface area contributed by atoms with Crippen LogP contribution in [0.1, 0.15) is 11.1 Å². The first kappa shape index (κ1) is 16.0. The van der Waals surface area contributed by atoms with Gasteiger partial charge in [-0.25, -0.2) is 0 Å². The predicted octanol–water partition coefficient (Wildman–Crippen LogP) is 4.08. The zero-order valence-corrected chi connectivity index (χ0v) is 13.2. The maximum atomic E-state index is 6.14. The molecule has 21 heavy (non-hydrogen) atoms. The van der Waals surface area contributed by atoms with Crippen molar-refractivity contribution in [2.75, 3.05) is 13.7 Å². The Balaban J connectivity index is 2.15. The van der Waals surface area contributed by atoms with E-state index >= 15 is 0 Å². The first-order valence-electron chi connectivity index (χ1n) is 6.57. The lowest BCUT2D eigenvalue weighted by molar-refractivity contribution is 0.302. The molecule has 0 aromatic heterocycles. The molecule has 0 saturated carbocycles. The van der Waals surface area contributed by atoms with E-state index in [2.05, 4.69) is 0 Å². The lowest BCUT2D eigenvalue weighted by Gasteiger charge is -2.13. The van der Waals surface area contributed by atoms with Gasteiger partial charge in [-0.3, -0.25) is 0 Å². The van der Waals surface area contributed by atoms with Crippen molar-refractivity contribution in [2.24, 2.45) is 5.73 Å². The molecule has 2 N–H and O–H groups in total. The SMILES string of the molecule is COc1ccc(OCc2ccc(Cl)cc2Cl)c(CCN)c1. The van der Waals surface area contributed by atoms with Crippen molar-refractivity contribution in [3.8, 4) is 11.5 Å². The molecule has 0 unspecified atom stereocenters. The largest absolute Gasteiger partial charge is 0.497 e. The van der Waals surface area contributed by atoms with Crippen LogP contribution in [0.3, 0.4) is 0 Å². The van der Waals surface area contributed by atoms with Crippen LogP contribution in [0.25, 0.3) is 0 Å². The van der Waals surface area contributed by atoms with Crippen molar-refractivity contribution in [1.82, 2.24) is 0 Å². The van der Waals surface area contributed by atoms with Gasteiger partial charge in [0.1, 0.15) is 18.1 Å². The van der Waals surface area contributed by atoms with Crippen molar-refractivity contribution in [3.63, 3.8) is 0 Å². The highest BCUT2D eigenvalue weighted by atomic mass is 35.5. The topological polar surface area (TPSA) is 44.5 Å². The molecule has 0 heterocycles. The van der Waals surface area contributed by atoms with Crippen LogP contribution in [-0.2, 0) is 13.0 Å². The molecule has 0 fully saturated rings. The summed E-state index contributed by atoms with van der Waals surface area (Å²) >= 11 is 12.0. The number of nitrogens with two attached hydrogens (primary N) is 1. The third-order valence-corrected chi connectivity index (χ3v) is 3.67. The highest BCUT2D eigenvalue weighted by molar-refractivity contribution is 6.35. The molecule has 0 bridgehead atoms. The molecule has 5 heteroatoms. The van der Waals surface area contributed by atoms with Gasteiger partial charge in [0.25, 0.3) is 0 Å². The van der Waals surface area contributed by atoms with Crippen molar-refractivity contribution < 1.29 is 9.47 Å². The molecule has 0 amide bonds. The van der Waals surface area contributed by atoms with Crippen LogP contribution in [0.4, 0.5) is 0 Å². The monoisotopic (exact) mass is 325 g/mol. The number of benzene rings is 2. The normalized spacial score (nSPS) is 10.5. The van der Waals surface area contributed by atoms with E-state index in [0.717, 1.165) is 29.0 Å². The van der Waals surface area contributed by atoms with Gasteiger partial charge < -0.3 is 15.2 Å². The van der Waals surface area contributed by atoms with Crippen molar-refractivity contribution in [1.29, 1.82) is 0 Å². The molecule has 2 aromatic rings. The Labute approximate surface area is 134 Å². The zero-order valence-electron chi connectivity index (χ0n) is 11.7. The molecule has 2 aromatic carbocycles. The van der Waals surface area contributed by atoms with E-state index in [1.165, 1.54) is 0 Å². The van der Waals surface area contributed by atoms with E-state index in [-0.39, 0.29) is 0 Å². The number of hydrogen-bond donors (Lipinski definition) is 1. The minimum Gasteiger partial charge on any atom is -0.497 e. The summed E-state index contributed by atoms with van der Waals surface area (Å²) in [6.45, 7) is 0.922. The van der Waals surface area contributed by atoms with Gasteiger partial charge >= 0.3 is 0 Å². The van der Waals surface area contributed by atoms with Crippen LogP contribution in [-0.4, -0.2) is 13.7 Å². The van der Waals surface area contributed by atoms with Gasteiger partial charge in [0.15, 0.2) is 0 Å². The van der Waals surface area contributed by atoms with Crippen LogP contribution in [0.5, 0.6) is 11.5 Å². The van der Waals surface area contributed by atoms with Crippen LogP contribution >= 0.6 is 23.2 Å². The highest BCUT2D eigenvalue weighted by Crippen LogP contribution is 2.27. The first-order valence-corrected chi connectivity index (χ1v) is 7.33. The summed E-state index contributed by atoms with van der Waals surface area (Å²) in [6, 6.07) is 11.0. The zero-order chi connectivity index (χ0) is 15.2. The number of methoxy groups -OCH3 is 1. The summed E-state index contributed by atoms with van der Waals surface area (Å²) in [6.07, 6.45) is 0.723. The van der Waals surface area contributed by atoms with Crippen molar-refractivity contribution in [2.45, 2.75) is 13.0 Å². The third-order valence-electron chi connectivity index (χ3n) is 3.08. The Morgan fingerprint density at radius 3 is 2.52 bits per heavy atom. The van der Waals surface area contributed by atoms with E-state index in [0.29, 0.717) is 23.2 Å². The predicted molar refractivity (Wildman–Crippen MR) is 86.5 cm³/mol. The van der Waals surface area contributed by atoms with Gasteiger partial charge in [-0.2, -0.15) is 0 Å². The number of halogens is 2. The Kier molecular flexibility index (Phi) is 5.74. The van der Waals surface area contributed by atoms with Crippen LogP contribution < -0.4 is 15.2 Å². The van der Waals surface area contributed by atoms with Gasteiger partial charge in [0.2, 0.25) is 0 Å². The van der Waals surface area contributed by atoms with Crippen LogP contribution in [0.15, 0.2) is 36.4 Å². The minimum absolute atomic E-state index is 0.375. The number of rotatable bonds is 6. The summed E-state index contributed by atoms with van der Waals surface area (Å²) in [5.74, 6) is 1.57. The fraction of sp³-hybridized carbons (Fsp3) is 0.250. The molecule has 0 aliphatic rings. The van der Waals surface area contributed by atoms with Gasteiger partial charge in [-0.15, -0.1) is 0 Å². The van der Waals surface area contributed by atoms with Crippen LogP contribution in [0.2, 0.25) is 10.0 Å². The van der Waals surface area contributed by atoms with Crippen molar-refractivity contribution >= 4 is 23.2 Å². The molecular formula is C16H17Cl2NO2. The van der Waals surface area contributed by atoms with E-state index in [9.17, 15) is 0 Å². The standard InChI is InChI=1S/C16H17Cl2NO2/c1-20-14-4-5-16(11(8-14)6-7-19)21-10-12-2-3-13(17)9-15(12)18/h2-5,8-9H,6-7,10,19H2,1H3. The average molecular weight is 326 g/mol. The molecule has 0 aliphatic carbocycles. The summed E-state index contributed by atoms with van der Waals surface area (Å²) in [7, 11) is 1.63. The molecule has 0 radical (unpaired) electrons. The first-order chi connectivity index (χ1) is 10.1. The van der Waals surface area contributed by atoms with Crippen molar-refractivity contribution in [3.05, 3.63) is 57.6 Å². The Bertz CT molecular complexity index is 617. The van der Waals surface area contributed by atoms with Gasteiger partial charge in [-0.1, -0.05) is 29.3 Å². The third kappa shape index (κ3) is 4.27. The van der Waals surface area contributed by atoms with E-state index in [1.54, 1.807) is 19.2 Å². The fourth-order valence-corrected chi connectivity index (χ4v) is 2.43. The number of ether oxygens (including phenoxy) is 2. The molecule has 112 valence electrons. The second kappa shape index (κ2) is 7.55. The molecular weight excluding hydrogens is 309 g/mol. The highest BCUT2D eigenvalue weighted by Gasteiger charge is 2.07. The molecule has 0 atom stereocenters. The summed E-state index contributed by atoms with van der Waals surface area (Å²) in [5, 5.41) is 1.20. The van der Waals surface area contributed by atoms with E-state index < -0.39 is 0 Å². The molecule has 0 aliphatic heterocycles. The fourth-order valence-electron chi connectivity index (χ4n) is 1.97. The lowest BCUT2D eigenvalue weighted by Crippen LogP contribution is -2.06.